The van der Waals surface area contributed by atoms with Crippen molar-refractivity contribution >= 4 is 37.2 Å². The Kier molecular flexibility index (Phi) is 40.3. The van der Waals surface area contributed by atoms with Gasteiger partial charge >= 0.3 is 0 Å². The number of rotatable bonds is 1. The summed E-state index contributed by atoms with van der Waals surface area (Å²) in [6.07, 6.45) is 0. The second-order valence-electron chi connectivity index (χ2n) is 1.69. The van der Waals surface area contributed by atoms with E-state index in [4.69, 9.17) is 5.73 Å². The zero-order chi connectivity index (χ0) is 5.82. The molecule has 0 atom stereocenters. The van der Waals surface area contributed by atoms with Crippen molar-refractivity contribution in [3.63, 3.8) is 0 Å². The van der Waals surface area contributed by atoms with Crippen LogP contribution < -0.4 is 18.0 Å². The Balaban J connectivity index is -0.0000000427. The summed E-state index contributed by atoms with van der Waals surface area (Å²) < 4.78 is 0. The minimum Gasteiger partial charge on any atom is -0.344 e. The summed E-state index contributed by atoms with van der Waals surface area (Å²) in [5, 5.41) is 0. The number of nitrogens with two attached hydrogens (primary N) is 1. The van der Waals surface area contributed by atoms with Crippen molar-refractivity contribution in [2.75, 3.05) is 0 Å². The molecule has 0 amide bonds. The third kappa shape index (κ3) is 12.0. The molecule has 3 nitrogen and oxygen atoms in total. The van der Waals surface area contributed by atoms with E-state index in [0.717, 1.165) is 0 Å². The monoisotopic (exact) mass is 249 g/mol. The highest BCUT2D eigenvalue weighted by Gasteiger charge is 1.80. The summed E-state index contributed by atoms with van der Waals surface area (Å²) in [7, 11) is 0. The Bertz CT molecular complexity index is 160. The van der Waals surface area contributed by atoms with E-state index >= 15 is 0 Å². The van der Waals surface area contributed by atoms with Gasteiger partial charge in [-0.2, -0.15) is 0 Å². The highest BCUT2D eigenvalue weighted by atomic mass is 35.5. The van der Waals surface area contributed by atoms with Crippen molar-refractivity contribution < 1.29 is 0 Å². The zero-order valence-corrected chi connectivity index (χ0v) is 9.76. The molecule has 1 aromatic carbocycles. The van der Waals surface area contributed by atoms with E-state index in [9.17, 15) is 0 Å². The lowest BCUT2D eigenvalue weighted by atomic mass is 10.2. The molecule has 0 aromatic heterocycles. The Labute approximate surface area is 97.9 Å². The second-order valence-corrected chi connectivity index (χ2v) is 1.69. The van der Waals surface area contributed by atoms with Crippen LogP contribution in [0.4, 0.5) is 0 Å². The molecule has 13 heavy (non-hydrogen) atoms. The Morgan fingerprint density at radius 1 is 0.846 bits per heavy atom. The van der Waals surface area contributed by atoms with Crippen LogP contribution in [-0.2, 0) is 6.54 Å². The van der Waals surface area contributed by atoms with Gasteiger partial charge in [0, 0.05) is 6.54 Å². The van der Waals surface area contributed by atoms with Crippen molar-refractivity contribution in [2.45, 2.75) is 6.54 Å². The number of hydrogen-bond acceptors (Lipinski definition) is 3. The summed E-state index contributed by atoms with van der Waals surface area (Å²) in [6, 6.07) is 9.99. The van der Waals surface area contributed by atoms with E-state index < -0.39 is 0 Å². The van der Waals surface area contributed by atoms with E-state index in [1.165, 1.54) is 5.56 Å². The van der Waals surface area contributed by atoms with Gasteiger partial charge in [0.1, 0.15) is 0 Å². The molecule has 1 aromatic rings. The summed E-state index contributed by atoms with van der Waals surface area (Å²) in [5.74, 6) is 0. The molecule has 0 radical (unpaired) electrons. The van der Waals surface area contributed by atoms with Crippen molar-refractivity contribution in [1.82, 2.24) is 12.3 Å². The maximum atomic E-state index is 5.35. The number of halogens is 3. The van der Waals surface area contributed by atoms with Crippen LogP contribution in [0.3, 0.4) is 0 Å². The molecule has 0 aliphatic carbocycles. The molecule has 0 fully saturated rings. The molecule has 0 saturated carbocycles. The van der Waals surface area contributed by atoms with E-state index in [0.29, 0.717) is 6.54 Å². The predicted molar refractivity (Wildman–Crippen MR) is 66.1 cm³/mol. The number of hydrogen-bond donors (Lipinski definition) is 3. The van der Waals surface area contributed by atoms with Crippen molar-refractivity contribution in [2.24, 2.45) is 5.73 Å². The summed E-state index contributed by atoms with van der Waals surface area (Å²) in [5.41, 5.74) is 6.54. The lowest BCUT2D eigenvalue weighted by molar-refractivity contribution is 1.07. The Morgan fingerprint density at radius 3 is 1.46 bits per heavy atom. The van der Waals surface area contributed by atoms with Gasteiger partial charge in [-0.25, -0.2) is 0 Å². The van der Waals surface area contributed by atoms with Crippen LogP contribution in [0.2, 0.25) is 0 Å². The molecule has 1 rings (SSSR count). The van der Waals surface area contributed by atoms with Crippen LogP contribution in [0.15, 0.2) is 30.3 Å². The molecule has 0 bridgehead atoms. The van der Waals surface area contributed by atoms with E-state index in [1.807, 2.05) is 30.3 Å². The van der Waals surface area contributed by atoms with Gasteiger partial charge in [0.15, 0.2) is 0 Å². The Morgan fingerprint density at radius 2 is 1.23 bits per heavy atom. The van der Waals surface area contributed by atoms with Crippen LogP contribution in [0, 0.1) is 0 Å². The first-order valence-corrected chi connectivity index (χ1v) is 2.67. The van der Waals surface area contributed by atoms with E-state index in [2.05, 4.69) is 0 Å². The van der Waals surface area contributed by atoms with Crippen LogP contribution in [-0.4, -0.2) is 0 Å². The standard InChI is InChI=1S/C7H9N.3ClH.2H3N/c8-6-7-4-2-1-3-5-7;;;;;/h1-5H,6,8H2;3*1H;2*1H3. The molecule has 0 aliphatic rings. The molecule has 0 saturated heterocycles. The van der Waals surface area contributed by atoms with E-state index in [-0.39, 0.29) is 49.5 Å². The first-order valence-electron chi connectivity index (χ1n) is 2.67. The van der Waals surface area contributed by atoms with Crippen LogP contribution in [0.5, 0.6) is 0 Å². The molecule has 6 heteroatoms. The van der Waals surface area contributed by atoms with Gasteiger partial charge in [-0.05, 0) is 5.56 Å². The summed E-state index contributed by atoms with van der Waals surface area (Å²) in [6.45, 7) is 0.640. The average Bonchev–Trinajstić information content (AvgIpc) is 1.90. The molecule has 0 spiro atoms. The molecular weight excluding hydrogens is 232 g/mol. The SMILES string of the molecule is Cl.Cl.Cl.N.N.NCc1ccccc1. The maximum absolute atomic E-state index is 5.35. The normalized spacial score (nSPS) is 5.62. The number of benzene rings is 1. The molecular formula is C7H18Cl3N3. The minimum absolute atomic E-state index is 0. The van der Waals surface area contributed by atoms with Crippen molar-refractivity contribution in [1.29, 1.82) is 0 Å². The van der Waals surface area contributed by atoms with Crippen LogP contribution >= 0.6 is 37.2 Å². The maximum Gasteiger partial charge on any atom is 0.0178 e. The highest BCUT2D eigenvalue weighted by molar-refractivity contribution is 5.86. The summed E-state index contributed by atoms with van der Waals surface area (Å²) >= 11 is 0. The lowest BCUT2D eigenvalue weighted by Gasteiger charge is -1.90. The van der Waals surface area contributed by atoms with Gasteiger partial charge in [0.05, 0.1) is 0 Å². The van der Waals surface area contributed by atoms with Crippen molar-refractivity contribution in [3.8, 4) is 0 Å². The third-order valence-corrected chi connectivity index (χ3v) is 1.08. The van der Waals surface area contributed by atoms with Crippen molar-refractivity contribution in [3.05, 3.63) is 35.9 Å². The lowest BCUT2D eigenvalue weighted by Crippen LogP contribution is -1.94. The van der Waals surface area contributed by atoms with Gasteiger partial charge in [-0.15, -0.1) is 37.2 Å². The predicted octanol–water partition coefficient (Wildman–Crippen LogP) is 2.73. The topological polar surface area (TPSA) is 96.0 Å². The molecule has 0 aliphatic heterocycles. The Hall–Kier alpha value is -0.0300. The highest BCUT2D eigenvalue weighted by Crippen LogP contribution is 1.94. The van der Waals surface area contributed by atoms with Gasteiger partial charge in [-0.3, -0.25) is 0 Å². The zero-order valence-electron chi connectivity index (χ0n) is 7.31. The van der Waals surface area contributed by atoms with Crippen LogP contribution in [0.1, 0.15) is 5.56 Å². The summed E-state index contributed by atoms with van der Waals surface area (Å²) in [4.78, 5) is 0. The first-order chi connectivity index (χ1) is 3.93. The fourth-order valence-electron chi connectivity index (χ4n) is 0.614. The average molecular weight is 251 g/mol. The van der Waals surface area contributed by atoms with Gasteiger partial charge in [-0.1, -0.05) is 30.3 Å². The van der Waals surface area contributed by atoms with Gasteiger partial charge < -0.3 is 18.0 Å². The minimum atomic E-state index is 0. The molecule has 0 unspecified atom stereocenters. The second kappa shape index (κ2) is 17.9. The molecule has 8 N–H and O–H groups in total. The van der Waals surface area contributed by atoms with Gasteiger partial charge in [0.2, 0.25) is 0 Å². The quantitative estimate of drug-likeness (QED) is 0.715. The smallest absolute Gasteiger partial charge is 0.0178 e. The fourth-order valence-corrected chi connectivity index (χ4v) is 0.614. The molecule has 0 heterocycles. The fraction of sp³-hybridized carbons (Fsp3) is 0.143. The van der Waals surface area contributed by atoms with Gasteiger partial charge in [0.25, 0.3) is 0 Å². The van der Waals surface area contributed by atoms with E-state index in [1.54, 1.807) is 0 Å². The molecule has 82 valence electrons. The largest absolute Gasteiger partial charge is 0.344 e. The van der Waals surface area contributed by atoms with Crippen LogP contribution in [0.25, 0.3) is 0 Å². The first kappa shape index (κ1) is 29.3. The third-order valence-electron chi connectivity index (χ3n) is 1.08.